The Balaban J connectivity index is 1.55. The van der Waals surface area contributed by atoms with Crippen LogP contribution < -0.4 is 15.5 Å². The number of alkyl halides is 3. The largest absolute Gasteiger partial charge is 0.416 e. The van der Waals surface area contributed by atoms with E-state index in [1.807, 2.05) is 12.1 Å². The van der Waals surface area contributed by atoms with E-state index in [0.717, 1.165) is 57.2 Å². The summed E-state index contributed by atoms with van der Waals surface area (Å²) >= 11 is 0. The standard InChI is InChI=1S/C21H21F4N3/c22-18-4-3-14(21(23,24)25)7-19(18)27-15-6-12-2-1-5-28-11-13-9-26-10-17(13)16(8-15)20(12)28/h3-4,6-8,13,17,26-27H,1-2,5,9-11H2/t13-,17-/m1/s1. The molecule has 0 aliphatic carbocycles. The van der Waals surface area contributed by atoms with Crippen LogP contribution in [0.2, 0.25) is 0 Å². The first-order valence-corrected chi connectivity index (χ1v) is 9.66. The van der Waals surface area contributed by atoms with Gasteiger partial charge in [-0.05, 0) is 60.2 Å². The minimum Gasteiger partial charge on any atom is -0.371 e. The highest BCUT2D eigenvalue weighted by molar-refractivity contribution is 5.73. The predicted molar refractivity (Wildman–Crippen MR) is 101 cm³/mol. The van der Waals surface area contributed by atoms with E-state index in [0.29, 0.717) is 17.5 Å². The third kappa shape index (κ3) is 2.92. The van der Waals surface area contributed by atoms with E-state index in [4.69, 9.17) is 0 Å². The fraction of sp³-hybridized carbons (Fsp3) is 0.429. The van der Waals surface area contributed by atoms with Crippen LogP contribution in [0.4, 0.5) is 34.6 Å². The van der Waals surface area contributed by atoms with Gasteiger partial charge in [-0.1, -0.05) is 0 Å². The SMILES string of the molecule is Fc1ccc(C(F)(F)F)cc1Nc1cc2c3c(c1)[C@@H]1CNC[C@@H]1CN3CCC2. The lowest BCUT2D eigenvalue weighted by molar-refractivity contribution is -0.137. The van der Waals surface area contributed by atoms with Gasteiger partial charge in [0.25, 0.3) is 0 Å². The zero-order chi connectivity index (χ0) is 19.5. The van der Waals surface area contributed by atoms with Crippen molar-refractivity contribution < 1.29 is 17.6 Å². The van der Waals surface area contributed by atoms with Crippen molar-refractivity contribution in [2.45, 2.75) is 24.9 Å². The quantitative estimate of drug-likeness (QED) is 0.730. The minimum absolute atomic E-state index is 0.147. The van der Waals surface area contributed by atoms with Gasteiger partial charge in [0.1, 0.15) is 5.82 Å². The van der Waals surface area contributed by atoms with Crippen LogP contribution in [0.25, 0.3) is 0 Å². The van der Waals surface area contributed by atoms with E-state index in [1.165, 1.54) is 16.8 Å². The Morgan fingerprint density at radius 3 is 2.79 bits per heavy atom. The summed E-state index contributed by atoms with van der Waals surface area (Å²) in [6.07, 6.45) is -2.52. The summed E-state index contributed by atoms with van der Waals surface area (Å²) in [6, 6.07) is 6.44. The van der Waals surface area contributed by atoms with Crippen LogP contribution in [0.5, 0.6) is 0 Å². The van der Waals surface area contributed by atoms with Crippen molar-refractivity contribution in [3.8, 4) is 0 Å². The van der Waals surface area contributed by atoms with Gasteiger partial charge in [-0.2, -0.15) is 13.2 Å². The first kappa shape index (κ1) is 17.8. The third-order valence-electron chi connectivity index (χ3n) is 6.18. The molecule has 3 aliphatic heterocycles. The molecule has 2 N–H and O–H groups in total. The second kappa shape index (κ2) is 6.37. The fourth-order valence-electron chi connectivity index (χ4n) is 4.93. The van der Waals surface area contributed by atoms with Gasteiger partial charge in [0.05, 0.1) is 11.3 Å². The number of rotatable bonds is 2. The minimum atomic E-state index is -4.50. The summed E-state index contributed by atoms with van der Waals surface area (Å²) < 4.78 is 53.3. The van der Waals surface area contributed by atoms with Gasteiger partial charge < -0.3 is 15.5 Å². The molecular weight excluding hydrogens is 370 g/mol. The number of halogens is 4. The van der Waals surface area contributed by atoms with Crippen molar-refractivity contribution in [1.29, 1.82) is 0 Å². The molecule has 0 spiro atoms. The number of benzene rings is 2. The van der Waals surface area contributed by atoms with E-state index in [9.17, 15) is 17.6 Å². The number of fused-ring (bicyclic) bond motifs is 2. The lowest BCUT2D eigenvalue weighted by Gasteiger charge is -2.42. The summed E-state index contributed by atoms with van der Waals surface area (Å²) in [5.41, 5.74) is 3.36. The smallest absolute Gasteiger partial charge is 0.371 e. The Labute approximate surface area is 160 Å². The molecule has 2 aromatic rings. The molecule has 0 unspecified atom stereocenters. The van der Waals surface area contributed by atoms with E-state index in [-0.39, 0.29) is 5.69 Å². The lowest BCUT2D eigenvalue weighted by atomic mass is 9.80. The number of hydrogen-bond donors (Lipinski definition) is 2. The summed E-state index contributed by atoms with van der Waals surface area (Å²) in [4.78, 5) is 2.44. The Morgan fingerprint density at radius 1 is 1.11 bits per heavy atom. The van der Waals surface area contributed by atoms with Crippen LogP contribution in [-0.4, -0.2) is 26.2 Å². The summed E-state index contributed by atoms with van der Waals surface area (Å²) in [5, 5.41) is 6.37. The van der Waals surface area contributed by atoms with Crippen LogP contribution in [0.15, 0.2) is 30.3 Å². The Kier molecular flexibility index (Phi) is 4.05. The summed E-state index contributed by atoms with van der Waals surface area (Å²) in [5.74, 6) is 0.247. The van der Waals surface area contributed by atoms with Crippen LogP contribution >= 0.6 is 0 Å². The number of nitrogens with zero attached hydrogens (tertiary/aromatic N) is 1. The molecule has 0 bridgehead atoms. The molecule has 28 heavy (non-hydrogen) atoms. The van der Waals surface area contributed by atoms with Crippen molar-refractivity contribution >= 4 is 17.1 Å². The molecule has 0 aromatic heterocycles. The highest BCUT2D eigenvalue weighted by Crippen LogP contribution is 2.46. The van der Waals surface area contributed by atoms with Crippen molar-refractivity contribution in [2.75, 3.05) is 36.4 Å². The predicted octanol–water partition coefficient (Wildman–Crippen LogP) is 4.66. The topological polar surface area (TPSA) is 27.3 Å². The van der Waals surface area contributed by atoms with E-state index < -0.39 is 17.6 Å². The number of nitrogens with one attached hydrogen (secondary N) is 2. The summed E-state index contributed by atoms with van der Waals surface area (Å²) in [7, 11) is 0. The molecule has 3 aliphatic rings. The molecule has 1 saturated heterocycles. The van der Waals surface area contributed by atoms with Gasteiger partial charge in [-0.3, -0.25) is 0 Å². The average Bonchev–Trinajstić information content (AvgIpc) is 3.11. The Morgan fingerprint density at radius 2 is 1.96 bits per heavy atom. The normalized spacial score (nSPS) is 23.4. The molecule has 2 aromatic carbocycles. The Hall–Kier alpha value is -2.28. The number of anilines is 3. The zero-order valence-corrected chi connectivity index (χ0v) is 15.2. The molecule has 0 radical (unpaired) electrons. The molecule has 1 fully saturated rings. The summed E-state index contributed by atoms with van der Waals surface area (Å²) in [6.45, 7) is 3.98. The monoisotopic (exact) mass is 391 g/mol. The number of hydrogen-bond acceptors (Lipinski definition) is 3. The first-order chi connectivity index (χ1) is 13.4. The molecule has 5 rings (SSSR count). The maximum absolute atomic E-state index is 14.2. The van der Waals surface area contributed by atoms with Gasteiger partial charge in [0.2, 0.25) is 0 Å². The highest BCUT2D eigenvalue weighted by atomic mass is 19.4. The van der Waals surface area contributed by atoms with Gasteiger partial charge in [0.15, 0.2) is 0 Å². The first-order valence-electron chi connectivity index (χ1n) is 9.66. The third-order valence-corrected chi connectivity index (χ3v) is 6.18. The van der Waals surface area contributed by atoms with Gasteiger partial charge in [0, 0.05) is 43.5 Å². The van der Waals surface area contributed by atoms with E-state index in [2.05, 4.69) is 15.5 Å². The molecular formula is C21H21F4N3. The van der Waals surface area contributed by atoms with Crippen molar-refractivity contribution in [1.82, 2.24) is 5.32 Å². The zero-order valence-electron chi connectivity index (χ0n) is 15.2. The number of aryl methyl sites for hydroxylation is 1. The molecule has 148 valence electrons. The van der Waals surface area contributed by atoms with E-state index >= 15 is 0 Å². The van der Waals surface area contributed by atoms with Crippen molar-refractivity contribution in [3.05, 3.63) is 52.8 Å². The highest BCUT2D eigenvalue weighted by Gasteiger charge is 2.39. The van der Waals surface area contributed by atoms with Gasteiger partial charge in [-0.25, -0.2) is 4.39 Å². The van der Waals surface area contributed by atoms with Crippen LogP contribution in [0, 0.1) is 11.7 Å². The van der Waals surface area contributed by atoms with Crippen molar-refractivity contribution in [3.63, 3.8) is 0 Å². The Bertz CT molecular complexity index is 925. The van der Waals surface area contributed by atoms with Crippen molar-refractivity contribution in [2.24, 2.45) is 5.92 Å². The molecule has 3 nitrogen and oxygen atoms in total. The van der Waals surface area contributed by atoms with Gasteiger partial charge in [-0.15, -0.1) is 0 Å². The molecule has 7 heteroatoms. The van der Waals surface area contributed by atoms with Crippen LogP contribution in [0.1, 0.15) is 29.0 Å². The van der Waals surface area contributed by atoms with E-state index in [1.54, 1.807) is 0 Å². The average molecular weight is 391 g/mol. The molecule has 2 atom stereocenters. The molecule has 0 amide bonds. The van der Waals surface area contributed by atoms with Crippen LogP contribution in [0.3, 0.4) is 0 Å². The second-order valence-corrected chi connectivity index (χ2v) is 7.96. The lowest BCUT2D eigenvalue weighted by Crippen LogP contribution is -2.41. The maximum atomic E-state index is 14.2. The molecule has 3 heterocycles. The molecule has 0 saturated carbocycles. The fourth-order valence-corrected chi connectivity index (χ4v) is 4.93. The maximum Gasteiger partial charge on any atom is 0.416 e. The van der Waals surface area contributed by atoms with Crippen LogP contribution in [-0.2, 0) is 12.6 Å². The second-order valence-electron chi connectivity index (χ2n) is 7.96. The van der Waals surface area contributed by atoms with Gasteiger partial charge >= 0.3 is 6.18 Å².